The molecule has 1 aromatic carbocycles. The molecule has 0 aliphatic carbocycles. The number of aliphatic hydroxyl groups is 3. The SMILES string of the molecule is COc1ccc(-c2cn([C@H]3COC[C@@H](S[C@@H]4O[C@H](CO)[C@H](O)[C@H](n5cc(-c6cc(F)c(F)c(F)c6)nn5)[C@H]4OC)[C@@H]3O)nn2)cn1. The number of methoxy groups -OCH3 is 2. The average molecular weight is 666 g/mol. The molecule has 8 atom stereocenters. The molecule has 2 fully saturated rings. The molecule has 0 unspecified atom stereocenters. The third-order valence-electron chi connectivity index (χ3n) is 7.94. The Morgan fingerprint density at radius 3 is 2.30 bits per heavy atom. The van der Waals surface area contributed by atoms with E-state index in [-0.39, 0.29) is 24.5 Å². The molecule has 246 valence electrons. The van der Waals surface area contributed by atoms with E-state index in [2.05, 4.69) is 25.6 Å². The van der Waals surface area contributed by atoms with Crippen molar-refractivity contribution in [2.75, 3.05) is 34.0 Å². The lowest BCUT2D eigenvalue weighted by molar-refractivity contribution is -0.186. The van der Waals surface area contributed by atoms with Crippen molar-refractivity contribution in [3.63, 3.8) is 0 Å². The predicted molar refractivity (Wildman–Crippen MR) is 154 cm³/mol. The first kappa shape index (κ1) is 32.3. The lowest BCUT2D eigenvalue weighted by Crippen LogP contribution is -2.56. The predicted octanol–water partition coefficient (Wildman–Crippen LogP) is 1.39. The molecule has 3 N–H and O–H groups in total. The van der Waals surface area contributed by atoms with Gasteiger partial charge in [0.15, 0.2) is 17.5 Å². The highest BCUT2D eigenvalue weighted by Crippen LogP contribution is 2.41. The van der Waals surface area contributed by atoms with E-state index in [1.807, 2.05) is 0 Å². The Morgan fingerprint density at radius 2 is 1.65 bits per heavy atom. The monoisotopic (exact) mass is 665 g/mol. The van der Waals surface area contributed by atoms with Crippen LogP contribution in [0.15, 0.2) is 42.9 Å². The molecule has 6 rings (SSSR count). The number of nitrogens with zero attached hydrogens (tertiary/aromatic N) is 7. The zero-order chi connectivity index (χ0) is 32.5. The van der Waals surface area contributed by atoms with Crippen LogP contribution in [0.3, 0.4) is 0 Å². The molecular formula is C28H30F3N7O7S. The first-order valence-corrected chi connectivity index (χ1v) is 15.0. The standard InChI is InChI=1S/C28H30F3N7O7S/c1-42-22-4-3-13(7-32-22)17-8-37(35-33-17)19-11-44-12-21(25(19)40)46-28-27(43-2)24(26(41)20(10-39)45-28)38-9-18(34-36-38)14-5-15(29)23(31)16(30)6-14/h3-9,19-21,24-28,39-41H,10-12H2,1-2H3/t19-,20+,21+,24-,25+,26-,27+,28-/m0/s1. The summed E-state index contributed by atoms with van der Waals surface area (Å²) in [4.78, 5) is 4.18. The molecule has 3 aromatic heterocycles. The molecular weight excluding hydrogens is 635 g/mol. The van der Waals surface area contributed by atoms with Crippen LogP contribution < -0.4 is 4.74 Å². The number of ether oxygens (including phenoxy) is 4. The fourth-order valence-corrected chi connectivity index (χ4v) is 6.98. The summed E-state index contributed by atoms with van der Waals surface area (Å²) < 4.78 is 66.8. The second-order valence-electron chi connectivity index (χ2n) is 10.7. The smallest absolute Gasteiger partial charge is 0.212 e. The van der Waals surface area contributed by atoms with Gasteiger partial charge in [0, 0.05) is 30.5 Å². The van der Waals surface area contributed by atoms with Gasteiger partial charge in [0.2, 0.25) is 5.88 Å². The number of hydrogen-bond acceptors (Lipinski definition) is 13. The maximum absolute atomic E-state index is 13.9. The van der Waals surface area contributed by atoms with Crippen LogP contribution >= 0.6 is 11.8 Å². The first-order valence-electron chi connectivity index (χ1n) is 14.1. The minimum Gasteiger partial charge on any atom is -0.481 e. The highest BCUT2D eigenvalue weighted by molar-refractivity contribution is 8.00. The topological polar surface area (TPSA) is 172 Å². The second kappa shape index (κ2) is 13.6. The Morgan fingerprint density at radius 1 is 0.957 bits per heavy atom. The summed E-state index contributed by atoms with van der Waals surface area (Å²) in [5, 5.41) is 48.5. The molecule has 5 heterocycles. The van der Waals surface area contributed by atoms with E-state index in [1.165, 1.54) is 41.5 Å². The summed E-state index contributed by atoms with van der Waals surface area (Å²) in [5.41, 5.74) is 0.313. The lowest BCUT2D eigenvalue weighted by atomic mass is 9.97. The lowest BCUT2D eigenvalue weighted by Gasteiger charge is -2.45. The van der Waals surface area contributed by atoms with Gasteiger partial charge in [-0.3, -0.25) is 0 Å². The molecule has 14 nitrogen and oxygen atoms in total. The maximum Gasteiger partial charge on any atom is 0.212 e. The van der Waals surface area contributed by atoms with Crippen molar-refractivity contribution in [3.8, 4) is 28.4 Å². The normalized spacial score (nSPS) is 28.3. The van der Waals surface area contributed by atoms with Gasteiger partial charge in [-0.1, -0.05) is 10.4 Å². The summed E-state index contributed by atoms with van der Waals surface area (Å²) in [5.74, 6) is -3.95. The number of halogens is 3. The molecule has 4 aromatic rings. The van der Waals surface area contributed by atoms with Gasteiger partial charge in [-0.15, -0.1) is 22.0 Å². The summed E-state index contributed by atoms with van der Waals surface area (Å²) in [6.07, 6.45) is 0.275. The highest BCUT2D eigenvalue weighted by Gasteiger charge is 2.49. The van der Waals surface area contributed by atoms with E-state index in [1.54, 1.807) is 24.5 Å². The molecule has 2 aliphatic heterocycles. The van der Waals surface area contributed by atoms with Crippen LogP contribution in [0.1, 0.15) is 12.1 Å². The van der Waals surface area contributed by atoms with Crippen LogP contribution in [0.25, 0.3) is 22.5 Å². The molecule has 2 saturated heterocycles. The Kier molecular flexibility index (Phi) is 9.55. The molecule has 0 spiro atoms. The third kappa shape index (κ3) is 6.20. The van der Waals surface area contributed by atoms with Crippen molar-refractivity contribution in [1.29, 1.82) is 0 Å². The second-order valence-corrected chi connectivity index (χ2v) is 12.0. The van der Waals surface area contributed by atoms with E-state index >= 15 is 0 Å². The van der Waals surface area contributed by atoms with Crippen molar-refractivity contribution in [2.24, 2.45) is 0 Å². The number of benzene rings is 1. The van der Waals surface area contributed by atoms with Crippen LogP contribution in [0, 0.1) is 17.5 Å². The number of hydrogen-bond donors (Lipinski definition) is 3. The summed E-state index contributed by atoms with van der Waals surface area (Å²) >= 11 is 1.18. The minimum atomic E-state index is -1.61. The van der Waals surface area contributed by atoms with E-state index in [4.69, 9.17) is 18.9 Å². The Hall–Kier alpha value is -3.65. The number of rotatable bonds is 9. The van der Waals surface area contributed by atoms with E-state index < -0.39 is 71.2 Å². The molecule has 46 heavy (non-hydrogen) atoms. The Bertz CT molecular complexity index is 1620. The fraction of sp³-hybridized carbons (Fsp3) is 0.464. The van der Waals surface area contributed by atoms with Gasteiger partial charge in [-0.2, -0.15) is 0 Å². The molecule has 0 bridgehead atoms. The zero-order valence-corrected chi connectivity index (χ0v) is 25.2. The van der Waals surface area contributed by atoms with Gasteiger partial charge in [0.05, 0.1) is 50.7 Å². The minimum absolute atomic E-state index is 0.00710. The van der Waals surface area contributed by atoms with Crippen LogP contribution in [-0.4, -0.2) is 119 Å². The molecule has 0 amide bonds. The van der Waals surface area contributed by atoms with Gasteiger partial charge in [0.1, 0.15) is 47.2 Å². The number of aliphatic hydroxyl groups excluding tert-OH is 3. The van der Waals surface area contributed by atoms with Gasteiger partial charge < -0.3 is 34.3 Å². The van der Waals surface area contributed by atoms with Crippen molar-refractivity contribution in [1.82, 2.24) is 35.0 Å². The average Bonchev–Trinajstić information content (AvgIpc) is 3.76. The van der Waals surface area contributed by atoms with Gasteiger partial charge in [0.25, 0.3) is 0 Å². The van der Waals surface area contributed by atoms with Crippen molar-refractivity contribution < 1.29 is 47.4 Å². The molecule has 0 radical (unpaired) electrons. The van der Waals surface area contributed by atoms with Crippen LogP contribution in [0.5, 0.6) is 5.88 Å². The molecule has 18 heteroatoms. The van der Waals surface area contributed by atoms with Crippen molar-refractivity contribution in [3.05, 3.63) is 60.3 Å². The molecule has 0 saturated carbocycles. The van der Waals surface area contributed by atoms with Gasteiger partial charge in [-0.05, 0) is 18.2 Å². The Labute approximate surface area is 264 Å². The Balaban J connectivity index is 1.21. The quantitative estimate of drug-likeness (QED) is 0.219. The van der Waals surface area contributed by atoms with Gasteiger partial charge in [-0.25, -0.2) is 27.5 Å². The van der Waals surface area contributed by atoms with Crippen LogP contribution in [0.2, 0.25) is 0 Å². The number of pyridine rings is 1. The van der Waals surface area contributed by atoms with E-state index in [0.29, 0.717) is 17.1 Å². The van der Waals surface area contributed by atoms with E-state index in [0.717, 1.165) is 12.1 Å². The van der Waals surface area contributed by atoms with E-state index in [9.17, 15) is 28.5 Å². The van der Waals surface area contributed by atoms with Crippen molar-refractivity contribution in [2.45, 2.75) is 47.2 Å². The summed E-state index contributed by atoms with van der Waals surface area (Å²) in [6.45, 7) is -0.252. The largest absolute Gasteiger partial charge is 0.481 e. The van der Waals surface area contributed by atoms with Crippen LogP contribution in [-0.2, 0) is 14.2 Å². The summed E-state index contributed by atoms with van der Waals surface area (Å²) in [6, 6.07) is 3.45. The number of thioether (sulfide) groups is 1. The fourth-order valence-electron chi connectivity index (χ4n) is 5.48. The molecule has 2 aliphatic rings. The number of aromatic nitrogens is 7. The summed E-state index contributed by atoms with van der Waals surface area (Å²) in [7, 11) is 2.91. The maximum atomic E-state index is 13.9. The third-order valence-corrected chi connectivity index (χ3v) is 9.35. The van der Waals surface area contributed by atoms with Gasteiger partial charge >= 0.3 is 0 Å². The first-order chi connectivity index (χ1) is 22.2. The zero-order valence-electron chi connectivity index (χ0n) is 24.4. The van der Waals surface area contributed by atoms with Crippen molar-refractivity contribution >= 4 is 11.8 Å². The van der Waals surface area contributed by atoms with Crippen LogP contribution in [0.4, 0.5) is 13.2 Å². The highest BCUT2D eigenvalue weighted by atomic mass is 32.2.